The number of rotatable bonds is 3. The molecule has 3 aromatic rings. The molecule has 0 aliphatic carbocycles. The van der Waals surface area contributed by atoms with E-state index in [0.717, 1.165) is 5.69 Å². The van der Waals surface area contributed by atoms with Crippen LogP contribution in [0.1, 0.15) is 16.1 Å². The second-order valence-corrected chi connectivity index (χ2v) is 5.96. The number of benzene rings is 2. The molecule has 4 nitrogen and oxygen atoms in total. The van der Waals surface area contributed by atoms with Gasteiger partial charge in [0.15, 0.2) is 0 Å². The molecule has 1 heterocycles. The molecule has 2 aromatic carbocycles. The summed E-state index contributed by atoms with van der Waals surface area (Å²) in [6, 6.07) is 11.1. The number of amides is 1. The zero-order valence-electron chi connectivity index (χ0n) is 12.6. The number of aromatic nitrogens is 2. The quantitative estimate of drug-likeness (QED) is 0.720. The number of carbonyl (C=O) groups is 1. The number of carbonyl (C=O) groups excluding carboxylic acids is 1. The molecule has 1 aromatic heterocycles. The van der Waals surface area contributed by atoms with E-state index in [4.69, 9.17) is 23.2 Å². The van der Waals surface area contributed by atoms with E-state index in [0.29, 0.717) is 22.0 Å². The summed E-state index contributed by atoms with van der Waals surface area (Å²) >= 11 is 11.6. The predicted octanol–water partition coefficient (Wildman–Crippen LogP) is 4.88. The van der Waals surface area contributed by atoms with Gasteiger partial charge in [-0.25, -0.2) is 9.07 Å². The molecule has 1 amide bonds. The molecule has 0 saturated carbocycles. The summed E-state index contributed by atoms with van der Waals surface area (Å²) in [5.74, 6) is -0.892. The van der Waals surface area contributed by atoms with Gasteiger partial charge in [-0.05, 0) is 49.4 Å². The zero-order valence-corrected chi connectivity index (χ0v) is 14.1. The first-order valence-electron chi connectivity index (χ1n) is 7.02. The second-order valence-electron chi connectivity index (χ2n) is 5.11. The number of hydrogen-bond donors (Lipinski definition) is 1. The minimum Gasteiger partial charge on any atom is -0.322 e. The van der Waals surface area contributed by atoms with Gasteiger partial charge in [0.1, 0.15) is 5.82 Å². The molecule has 0 atom stereocenters. The third kappa shape index (κ3) is 3.27. The van der Waals surface area contributed by atoms with Crippen molar-refractivity contribution in [3.63, 3.8) is 0 Å². The lowest BCUT2D eigenvalue weighted by molar-refractivity contribution is 0.102. The van der Waals surface area contributed by atoms with Crippen molar-refractivity contribution in [1.82, 2.24) is 9.78 Å². The predicted molar refractivity (Wildman–Crippen MR) is 92.7 cm³/mol. The highest BCUT2D eigenvalue weighted by molar-refractivity contribution is 6.31. The minimum absolute atomic E-state index is 0.0543. The van der Waals surface area contributed by atoms with E-state index in [1.807, 2.05) is 12.1 Å². The maximum absolute atomic E-state index is 13.2. The van der Waals surface area contributed by atoms with Gasteiger partial charge in [0, 0.05) is 10.7 Å². The molecule has 24 heavy (non-hydrogen) atoms. The van der Waals surface area contributed by atoms with E-state index in [1.165, 1.54) is 24.4 Å². The van der Waals surface area contributed by atoms with Crippen molar-refractivity contribution in [3.8, 4) is 5.69 Å². The first-order chi connectivity index (χ1) is 11.5. The third-order valence-electron chi connectivity index (χ3n) is 3.50. The van der Waals surface area contributed by atoms with Gasteiger partial charge in [-0.15, -0.1) is 0 Å². The van der Waals surface area contributed by atoms with Gasteiger partial charge in [0.2, 0.25) is 0 Å². The fourth-order valence-corrected chi connectivity index (χ4v) is 2.55. The van der Waals surface area contributed by atoms with Crippen LogP contribution in [0.4, 0.5) is 10.1 Å². The SMILES string of the molecule is Cc1c(C(=O)Nc2ccc(F)c(Cl)c2)cnn1-c1ccc(Cl)cc1. The van der Waals surface area contributed by atoms with Crippen molar-refractivity contribution in [2.45, 2.75) is 6.92 Å². The van der Waals surface area contributed by atoms with Crippen LogP contribution >= 0.6 is 23.2 Å². The fraction of sp³-hybridized carbons (Fsp3) is 0.0588. The Morgan fingerprint density at radius 2 is 1.88 bits per heavy atom. The second kappa shape index (κ2) is 6.63. The van der Waals surface area contributed by atoms with E-state index in [-0.39, 0.29) is 10.9 Å². The molecule has 0 aliphatic rings. The molecule has 0 aliphatic heterocycles. The fourth-order valence-electron chi connectivity index (χ4n) is 2.25. The van der Waals surface area contributed by atoms with E-state index in [9.17, 15) is 9.18 Å². The summed E-state index contributed by atoms with van der Waals surface area (Å²) in [5.41, 5.74) is 2.28. The molecule has 1 N–H and O–H groups in total. The van der Waals surface area contributed by atoms with Crippen molar-refractivity contribution < 1.29 is 9.18 Å². The summed E-state index contributed by atoms with van der Waals surface area (Å²) in [6.07, 6.45) is 1.48. The number of nitrogens with zero attached hydrogens (tertiary/aromatic N) is 2. The van der Waals surface area contributed by atoms with Crippen LogP contribution in [-0.2, 0) is 0 Å². The Kier molecular flexibility index (Phi) is 4.55. The minimum atomic E-state index is -0.540. The average Bonchev–Trinajstić information content (AvgIpc) is 2.93. The molecule has 0 saturated heterocycles. The zero-order chi connectivity index (χ0) is 17.3. The van der Waals surface area contributed by atoms with Gasteiger partial charge in [0.05, 0.1) is 28.2 Å². The summed E-state index contributed by atoms with van der Waals surface area (Å²) in [6.45, 7) is 1.79. The lowest BCUT2D eigenvalue weighted by Crippen LogP contribution is -2.13. The van der Waals surface area contributed by atoms with Crippen LogP contribution in [0.5, 0.6) is 0 Å². The molecule has 122 valence electrons. The van der Waals surface area contributed by atoms with Crippen LogP contribution in [0.3, 0.4) is 0 Å². The Morgan fingerprint density at radius 3 is 2.54 bits per heavy atom. The summed E-state index contributed by atoms with van der Waals surface area (Å²) < 4.78 is 14.8. The smallest absolute Gasteiger partial charge is 0.259 e. The molecule has 0 spiro atoms. The molecule has 3 rings (SSSR count). The van der Waals surface area contributed by atoms with Crippen LogP contribution in [0.2, 0.25) is 10.0 Å². The Morgan fingerprint density at radius 1 is 1.17 bits per heavy atom. The molecule has 0 fully saturated rings. The Hall–Kier alpha value is -2.37. The highest BCUT2D eigenvalue weighted by Crippen LogP contribution is 2.21. The molecule has 0 unspecified atom stereocenters. The standard InChI is InChI=1S/C17H12Cl2FN3O/c1-10-14(9-21-23(10)13-5-2-11(18)3-6-13)17(24)22-12-4-7-16(20)15(19)8-12/h2-9H,1H3,(H,22,24). The summed E-state index contributed by atoms with van der Waals surface area (Å²) in [7, 11) is 0. The lowest BCUT2D eigenvalue weighted by Gasteiger charge is -2.07. The van der Waals surface area contributed by atoms with Crippen LogP contribution in [-0.4, -0.2) is 15.7 Å². The third-order valence-corrected chi connectivity index (χ3v) is 4.04. The van der Waals surface area contributed by atoms with Crippen LogP contribution in [0.25, 0.3) is 5.69 Å². The maximum Gasteiger partial charge on any atom is 0.259 e. The number of anilines is 1. The van der Waals surface area contributed by atoms with E-state index >= 15 is 0 Å². The molecule has 0 bridgehead atoms. The average molecular weight is 364 g/mol. The van der Waals surface area contributed by atoms with Crippen molar-refractivity contribution in [1.29, 1.82) is 0 Å². The van der Waals surface area contributed by atoms with Crippen molar-refractivity contribution in [3.05, 3.63) is 75.8 Å². The van der Waals surface area contributed by atoms with Gasteiger partial charge >= 0.3 is 0 Å². The normalized spacial score (nSPS) is 10.7. The lowest BCUT2D eigenvalue weighted by atomic mass is 10.2. The first-order valence-corrected chi connectivity index (χ1v) is 7.78. The topological polar surface area (TPSA) is 46.9 Å². The Labute approximate surface area is 147 Å². The van der Waals surface area contributed by atoms with Gasteiger partial charge < -0.3 is 5.32 Å². The van der Waals surface area contributed by atoms with Gasteiger partial charge in [-0.1, -0.05) is 23.2 Å². The Balaban J connectivity index is 1.85. The highest BCUT2D eigenvalue weighted by Gasteiger charge is 2.16. The Bertz CT molecular complexity index is 907. The van der Waals surface area contributed by atoms with Crippen LogP contribution < -0.4 is 5.32 Å². The molecule has 7 heteroatoms. The van der Waals surface area contributed by atoms with Crippen LogP contribution in [0.15, 0.2) is 48.7 Å². The van der Waals surface area contributed by atoms with Gasteiger partial charge in [-0.3, -0.25) is 4.79 Å². The van der Waals surface area contributed by atoms with E-state index < -0.39 is 5.82 Å². The van der Waals surface area contributed by atoms with Crippen LogP contribution in [0, 0.1) is 12.7 Å². The highest BCUT2D eigenvalue weighted by atomic mass is 35.5. The number of hydrogen-bond acceptors (Lipinski definition) is 2. The number of nitrogens with one attached hydrogen (secondary N) is 1. The van der Waals surface area contributed by atoms with Crippen molar-refractivity contribution in [2.75, 3.05) is 5.32 Å². The number of halogens is 3. The van der Waals surface area contributed by atoms with Gasteiger partial charge in [0.25, 0.3) is 5.91 Å². The van der Waals surface area contributed by atoms with E-state index in [2.05, 4.69) is 10.4 Å². The van der Waals surface area contributed by atoms with Crippen molar-refractivity contribution in [2.24, 2.45) is 0 Å². The molecule has 0 radical (unpaired) electrons. The maximum atomic E-state index is 13.2. The monoisotopic (exact) mass is 363 g/mol. The molecular formula is C17H12Cl2FN3O. The van der Waals surface area contributed by atoms with E-state index in [1.54, 1.807) is 23.7 Å². The van der Waals surface area contributed by atoms with Gasteiger partial charge in [-0.2, -0.15) is 5.10 Å². The molecular weight excluding hydrogens is 352 g/mol. The summed E-state index contributed by atoms with van der Waals surface area (Å²) in [5, 5.41) is 7.48. The van der Waals surface area contributed by atoms with Crippen molar-refractivity contribution >= 4 is 34.8 Å². The summed E-state index contributed by atoms with van der Waals surface area (Å²) in [4.78, 5) is 12.4. The largest absolute Gasteiger partial charge is 0.322 e. The first kappa shape index (κ1) is 16.5.